The molecule has 0 aliphatic carbocycles. The Hall–Kier alpha value is -5.63. The zero-order valence-corrected chi connectivity index (χ0v) is 31.4. The van der Waals surface area contributed by atoms with E-state index in [1.807, 2.05) is 32.9 Å². The Balaban J connectivity index is 1.31. The lowest BCUT2D eigenvalue weighted by Gasteiger charge is -2.25. The van der Waals surface area contributed by atoms with Crippen molar-refractivity contribution >= 4 is 23.6 Å². The van der Waals surface area contributed by atoms with E-state index in [0.29, 0.717) is 34.7 Å². The average Bonchev–Trinajstić information content (AvgIpc) is 3.66. The molecule has 6 rings (SSSR count). The Labute approximate surface area is 313 Å². The van der Waals surface area contributed by atoms with Crippen molar-refractivity contribution in [1.82, 2.24) is 30.2 Å². The van der Waals surface area contributed by atoms with Gasteiger partial charge in [-0.05, 0) is 87.7 Å². The Morgan fingerprint density at radius 1 is 1.00 bits per heavy atom. The number of hydrogen-bond donors (Lipinski definition) is 1. The summed E-state index contributed by atoms with van der Waals surface area (Å²) in [6.07, 6.45) is -0.00697. The average molecular weight is 741 g/mol. The molecule has 2 aliphatic rings. The van der Waals surface area contributed by atoms with Gasteiger partial charge in [-0.25, -0.2) is 4.39 Å². The lowest BCUT2D eigenvalue weighted by molar-refractivity contribution is -0.130. The second kappa shape index (κ2) is 16.2. The number of aromatic nitrogens is 2. The molecular formula is C40H45FN6O7. The number of nitrogens with zero attached hydrogens (tertiary/aromatic N) is 5. The van der Waals surface area contributed by atoms with E-state index >= 15 is 4.39 Å². The molecule has 0 unspecified atom stereocenters. The van der Waals surface area contributed by atoms with Crippen LogP contribution in [0.1, 0.15) is 73.6 Å². The van der Waals surface area contributed by atoms with Crippen LogP contribution in [0.3, 0.4) is 0 Å². The fourth-order valence-corrected chi connectivity index (χ4v) is 6.98. The van der Waals surface area contributed by atoms with Gasteiger partial charge < -0.3 is 34.0 Å². The van der Waals surface area contributed by atoms with Crippen LogP contribution in [-0.2, 0) is 33.9 Å². The van der Waals surface area contributed by atoms with E-state index in [-0.39, 0.29) is 74.3 Å². The maximum absolute atomic E-state index is 15.0. The highest BCUT2D eigenvalue weighted by atomic mass is 19.1. The van der Waals surface area contributed by atoms with Crippen LogP contribution in [0.5, 0.6) is 11.5 Å². The summed E-state index contributed by atoms with van der Waals surface area (Å²) < 4.78 is 32.7. The number of aryl methyl sites for hydroxylation is 4. The summed E-state index contributed by atoms with van der Waals surface area (Å²) in [4.78, 5) is 64.2. The zero-order valence-electron chi connectivity index (χ0n) is 31.4. The molecule has 4 aromatic rings. The molecule has 1 fully saturated rings. The molecule has 284 valence electrons. The van der Waals surface area contributed by atoms with Gasteiger partial charge in [0.15, 0.2) is 0 Å². The zero-order chi connectivity index (χ0) is 38.7. The van der Waals surface area contributed by atoms with Gasteiger partial charge in [0.1, 0.15) is 23.1 Å². The maximum atomic E-state index is 15.0. The van der Waals surface area contributed by atoms with Gasteiger partial charge in [-0.1, -0.05) is 12.1 Å². The van der Waals surface area contributed by atoms with Crippen molar-refractivity contribution in [2.45, 2.75) is 72.8 Å². The Morgan fingerprint density at radius 2 is 1.78 bits per heavy atom. The third-order valence-corrected chi connectivity index (χ3v) is 9.52. The SMILES string of the molecule is CCCN1CC(=O)N[C@@H]2CN(C(=O)Cc3c(C)noc3C)C[C@H]2OCc2cc(F)cc(c2)Oc2cc(C(=O)N(C)Cc3cc(C)cc(C)n3)cc(c2)C1=O. The van der Waals surface area contributed by atoms with Gasteiger partial charge >= 0.3 is 0 Å². The van der Waals surface area contributed by atoms with Crippen LogP contribution >= 0.6 is 0 Å². The van der Waals surface area contributed by atoms with Crippen LogP contribution < -0.4 is 10.1 Å². The van der Waals surface area contributed by atoms with Crippen molar-refractivity contribution in [3.63, 3.8) is 0 Å². The molecule has 4 amide bonds. The number of fused-ring (bicyclic) bond motifs is 5. The highest BCUT2D eigenvalue weighted by molar-refractivity contribution is 6.01. The summed E-state index contributed by atoms with van der Waals surface area (Å²) in [6.45, 7) is 9.74. The fourth-order valence-electron chi connectivity index (χ4n) is 6.98. The van der Waals surface area contributed by atoms with Crippen molar-refractivity contribution in [2.24, 2.45) is 0 Å². The second-order valence-electron chi connectivity index (χ2n) is 14.1. The summed E-state index contributed by atoms with van der Waals surface area (Å²) >= 11 is 0. The van der Waals surface area contributed by atoms with Gasteiger partial charge in [-0.2, -0.15) is 0 Å². The van der Waals surface area contributed by atoms with E-state index in [2.05, 4.69) is 15.5 Å². The third kappa shape index (κ3) is 8.93. The Morgan fingerprint density at radius 3 is 2.50 bits per heavy atom. The van der Waals surface area contributed by atoms with Gasteiger partial charge in [0.05, 0.1) is 49.7 Å². The minimum Gasteiger partial charge on any atom is -0.457 e. The maximum Gasteiger partial charge on any atom is 0.254 e. The molecule has 1 saturated heterocycles. The molecule has 4 bridgehead atoms. The molecule has 4 heterocycles. The summed E-state index contributed by atoms with van der Waals surface area (Å²) in [6, 6.07) is 11.8. The smallest absolute Gasteiger partial charge is 0.254 e. The monoisotopic (exact) mass is 740 g/mol. The summed E-state index contributed by atoms with van der Waals surface area (Å²) in [5.74, 6) is -1.27. The van der Waals surface area contributed by atoms with Crippen molar-refractivity contribution < 1.29 is 37.6 Å². The van der Waals surface area contributed by atoms with Crippen LogP contribution in [0.2, 0.25) is 0 Å². The molecule has 14 heteroatoms. The van der Waals surface area contributed by atoms with E-state index < -0.39 is 35.7 Å². The summed E-state index contributed by atoms with van der Waals surface area (Å²) in [5, 5.41) is 6.93. The minimum absolute atomic E-state index is 0.0431. The Kier molecular flexibility index (Phi) is 11.4. The normalized spacial score (nSPS) is 17.5. The molecule has 0 radical (unpaired) electrons. The third-order valence-electron chi connectivity index (χ3n) is 9.52. The van der Waals surface area contributed by atoms with Crippen molar-refractivity contribution in [3.8, 4) is 11.5 Å². The predicted molar refractivity (Wildman–Crippen MR) is 195 cm³/mol. The summed E-state index contributed by atoms with van der Waals surface area (Å²) in [7, 11) is 1.64. The highest BCUT2D eigenvalue weighted by Crippen LogP contribution is 2.29. The highest BCUT2D eigenvalue weighted by Gasteiger charge is 2.38. The van der Waals surface area contributed by atoms with Crippen LogP contribution in [0.4, 0.5) is 4.39 Å². The van der Waals surface area contributed by atoms with Gasteiger partial charge in [-0.3, -0.25) is 24.2 Å². The summed E-state index contributed by atoms with van der Waals surface area (Å²) in [5.41, 5.74) is 4.62. The van der Waals surface area contributed by atoms with E-state index in [0.717, 1.165) is 11.3 Å². The predicted octanol–water partition coefficient (Wildman–Crippen LogP) is 4.83. The topological polar surface area (TPSA) is 147 Å². The molecule has 13 nitrogen and oxygen atoms in total. The number of rotatable bonds is 7. The standard InChI is InChI=1S/C40H45FN6O7/c1-7-8-46-21-37(48)43-35-19-47(38(49)17-34-25(4)44-54-26(34)5)20-36(35)52-22-27-11-30(41)16-32(12-27)53-33-14-28(13-29(15-33)40(46)51)39(50)45(6)18-31-10-23(2)9-24(3)42-31/h9-16,35-36H,7-8,17-22H2,1-6H3,(H,43,48)/t35-,36-/m1/s1. The van der Waals surface area contributed by atoms with E-state index in [9.17, 15) is 19.2 Å². The lowest BCUT2D eigenvalue weighted by Crippen LogP contribution is -2.49. The number of likely N-dealkylation sites (tertiary alicyclic amines) is 1. The molecule has 0 saturated carbocycles. The number of amides is 4. The molecule has 54 heavy (non-hydrogen) atoms. The molecule has 0 spiro atoms. The minimum atomic E-state index is -0.629. The number of halogens is 1. The van der Waals surface area contributed by atoms with Crippen LogP contribution in [0.25, 0.3) is 0 Å². The molecule has 2 aliphatic heterocycles. The number of hydrogen-bond acceptors (Lipinski definition) is 9. The van der Waals surface area contributed by atoms with E-state index in [4.69, 9.17) is 14.0 Å². The number of ether oxygens (including phenoxy) is 2. The first-order chi connectivity index (χ1) is 25.8. The molecular weight excluding hydrogens is 695 g/mol. The van der Waals surface area contributed by atoms with Crippen molar-refractivity contribution in [2.75, 3.05) is 33.2 Å². The van der Waals surface area contributed by atoms with Gasteiger partial charge in [0.25, 0.3) is 11.8 Å². The first-order valence-corrected chi connectivity index (χ1v) is 18.0. The van der Waals surface area contributed by atoms with Gasteiger partial charge in [-0.15, -0.1) is 0 Å². The van der Waals surface area contributed by atoms with Crippen LogP contribution in [0.15, 0.2) is 53.1 Å². The number of carbonyl (C=O) groups is 4. The van der Waals surface area contributed by atoms with Crippen molar-refractivity contribution in [1.29, 1.82) is 0 Å². The molecule has 2 atom stereocenters. The van der Waals surface area contributed by atoms with E-state index in [1.165, 1.54) is 40.1 Å². The number of pyridine rings is 1. The van der Waals surface area contributed by atoms with Gasteiger partial charge in [0.2, 0.25) is 11.8 Å². The van der Waals surface area contributed by atoms with Crippen LogP contribution in [-0.4, -0.2) is 93.8 Å². The first kappa shape index (κ1) is 38.1. The number of carbonyl (C=O) groups excluding carboxylic acids is 4. The first-order valence-electron chi connectivity index (χ1n) is 18.0. The van der Waals surface area contributed by atoms with Crippen LogP contribution in [0, 0.1) is 33.5 Å². The number of benzene rings is 2. The van der Waals surface area contributed by atoms with Gasteiger partial charge in [0, 0.05) is 55.1 Å². The van der Waals surface area contributed by atoms with Crippen molar-refractivity contribution in [3.05, 3.63) is 105 Å². The largest absolute Gasteiger partial charge is 0.457 e. The van der Waals surface area contributed by atoms with E-state index in [1.54, 1.807) is 31.9 Å². The molecule has 2 aromatic heterocycles. The second-order valence-corrected chi connectivity index (χ2v) is 14.1. The quantitative estimate of drug-likeness (QED) is 0.282. The fraction of sp³-hybridized carbons (Fsp3) is 0.400. The molecule has 2 aromatic carbocycles. The molecule has 1 N–H and O–H groups in total. The number of nitrogens with one attached hydrogen (secondary N) is 1. The Bertz CT molecular complexity index is 2040. The lowest BCUT2D eigenvalue weighted by atomic mass is 10.1.